The van der Waals surface area contributed by atoms with Crippen LogP contribution in [-0.2, 0) is 6.18 Å². The van der Waals surface area contributed by atoms with E-state index in [1.807, 2.05) is 6.92 Å². The summed E-state index contributed by atoms with van der Waals surface area (Å²) >= 11 is 1.38. The van der Waals surface area contributed by atoms with Gasteiger partial charge in [-0.15, -0.1) is 11.8 Å². The highest BCUT2D eigenvalue weighted by molar-refractivity contribution is 7.99. The zero-order chi connectivity index (χ0) is 20.3. The lowest BCUT2D eigenvalue weighted by Gasteiger charge is -2.16. The third-order valence-electron chi connectivity index (χ3n) is 5.36. The van der Waals surface area contributed by atoms with Gasteiger partial charge in [0.2, 0.25) is 0 Å². The Kier molecular flexibility index (Phi) is 6.53. The molecule has 1 amide bonds. The Morgan fingerprint density at radius 3 is 2.64 bits per heavy atom. The van der Waals surface area contributed by atoms with E-state index in [2.05, 4.69) is 10.3 Å². The quantitative estimate of drug-likeness (QED) is 0.595. The van der Waals surface area contributed by atoms with Crippen LogP contribution in [0.25, 0.3) is 10.9 Å². The molecule has 3 nitrogen and oxygen atoms in total. The fourth-order valence-electron chi connectivity index (χ4n) is 3.86. The number of benzene rings is 1. The normalized spacial score (nSPS) is 15.3. The predicted octanol–water partition coefficient (Wildman–Crippen LogP) is 5.98. The van der Waals surface area contributed by atoms with Crippen LogP contribution in [0.2, 0.25) is 0 Å². The van der Waals surface area contributed by atoms with E-state index in [9.17, 15) is 18.0 Å². The number of thioether (sulfide) groups is 1. The van der Waals surface area contributed by atoms with Crippen LogP contribution in [0, 0.1) is 12.8 Å². The Hall–Kier alpha value is -1.76. The third kappa shape index (κ3) is 4.62. The van der Waals surface area contributed by atoms with Crippen LogP contribution in [0.1, 0.15) is 60.5 Å². The molecule has 1 aliphatic rings. The molecule has 1 aliphatic carbocycles. The highest BCUT2D eigenvalue weighted by Crippen LogP contribution is 2.34. The summed E-state index contributed by atoms with van der Waals surface area (Å²) < 4.78 is 39.1. The average Bonchev–Trinajstić information content (AvgIpc) is 3.14. The third-order valence-corrected chi connectivity index (χ3v) is 6.22. The van der Waals surface area contributed by atoms with Gasteiger partial charge in [-0.25, -0.2) is 4.98 Å². The van der Waals surface area contributed by atoms with Gasteiger partial charge in [-0.05, 0) is 42.7 Å². The number of nitrogens with zero attached hydrogens (tertiary/aromatic N) is 1. The molecular weight excluding hydrogens is 385 g/mol. The van der Waals surface area contributed by atoms with Gasteiger partial charge in [0, 0.05) is 11.9 Å². The van der Waals surface area contributed by atoms with Crippen molar-refractivity contribution >= 4 is 28.6 Å². The van der Waals surface area contributed by atoms with Gasteiger partial charge in [-0.1, -0.05) is 38.7 Å². The van der Waals surface area contributed by atoms with E-state index in [4.69, 9.17) is 0 Å². The minimum absolute atomic E-state index is 0.194. The van der Waals surface area contributed by atoms with E-state index in [0.29, 0.717) is 39.8 Å². The van der Waals surface area contributed by atoms with Gasteiger partial charge in [-0.3, -0.25) is 4.79 Å². The molecule has 3 rings (SSSR count). The number of rotatable bonds is 6. The van der Waals surface area contributed by atoms with Crippen LogP contribution in [0.5, 0.6) is 0 Å². The second kappa shape index (κ2) is 8.72. The Labute approximate surface area is 167 Å². The number of nitrogens with one attached hydrogen (secondary N) is 1. The Morgan fingerprint density at radius 1 is 1.29 bits per heavy atom. The molecule has 1 heterocycles. The van der Waals surface area contributed by atoms with Crippen LogP contribution >= 0.6 is 11.8 Å². The first-order chi connectivity index (χ1) is 13.3. The number of carbonyl (C=O) groups is 1. The molecule has 0 bridgehead atoms. The van der Waals surface area contributed by atoms with Gasteiger partial charge in [0.1, 0.15) is 5.03 Å². The molecule has 1 aromatic carbocycles. The second-order valence-electron chi connectivity index (χ2n) is 7.27. The summed E-state index contributed by atoms with van der Waals surface area (Å²) in [6.45, 7) is 4.33. The number of amides is 1. The van der Waals surface area contributed by atoms with Crippen molar-refractivity contribution < 1.29 is 18.0 Å². The molecule has 1 N–H and O–H groups in total. The van der Waals surface area contributed by atoms with E-state index >= 15 is 0 Å². The van der Waals surface area contributed by atoms with E-state index in [0.717, 1.165) is 18.6 Å². The average molecular weight is 411 g/mol. The number of alkyl halides is 3. The van der Waals surface area contributed by atoms with Crippen LogP contribution in [0.4, 0.5) is 13.2 Å². The van der Waals surface area contributed by atoms with Gasteiger partial charge in [-0.2, -0.15) is 13.2 Å². The first-order valence-corrected chi connectivity index (χ1v) is 10.7. The van der Waals surface area contributed by atoms with Crippen molar-refractivity contribution in [3.63, 3.8) is 0 Å². The minimum atomic E-state index is -4.42. The molecule has 1 aromatic heterocycles. The number of pyridine rings is 1. The van der Waals surface area contributed by atoms with Crippen LogP contribution in [0.3, 0.4) is 0 Å². The highest BCUT2D eigenvalue weighted by Gasteiger charge is 2.31. The molecule has 28 heavy (non-hydrogen) atoms. The smallest absolute Gasteiger partial charge is 0.352 e. The van der Waals surface area contributed by atoms with Crippen molar-refractivity contribution in [2.24, 2.45) is 5.92 Å². The van der Waals surface area contributed by atoms with Gasteiger partial charge >= 0.3 is 6.18 Å². The monoisotopic (exact) mass is 410 g/mol. The van der Waals surface area contributed by atoms with Crippen molar-refractivity contribution in [1.29, 1.82) is 0 Å². The predicted molar refractivity (Wildman–Crippen MR) is 107 cm³/mol. The molecule has 1 saturated carbocycles. The van der Waals surface area contributed by atoms with Crippen molar-refractivity contribution in [2.75, 3.05) is 12.3 Å². The lowest BCUT2D eigenvalue weighted by Crippen LogP contribution is -2.27. The maximum Gasteiger partial charge on any atom is 0.416 e. The summed E-state index contributed by atoms with van der Waals surface area (Å²) in [6.07, 6.45) is 1.54. The second-order valence-corrected chi connectivity index (χ2v) is 8.53. The number of halogens is 3. The SMILES string of the molecule is CCSc1nc2cc(C(F)(F)F)ccc2c(C)c1C(=O)NCCC1CCCC1. The van der Waals surface area contributed by atoms with E-state index < -0.39 is 11.7 Å². The van der Waals surface area contributed by atoms with Crippen molar-refractivity contribution in [2.45, 2.75) is 57.2 Å². The number of fused-ring (bicyclic) bond motifs is 1. The summed E-state index contributed by atoms with van der Waals surface area (Å²) in [5, 5.41) is 4.06. The maximum atomic E-state index is 13.0. The van der Waals surface area contributed by atoms with E-state index in [-0.39, 0.29) is 11.4 Å². The topological polar surface area (TPSA) is 42.0 Å². The molecule has 152 valence electrons. The molecule has 7 heteroatoms. The molecule has 0 spiro atoms. The molecule has 2 aromatic rings. The van der Waals surface area contributed by atoms with Crippen molar-refractivity contribution in [3.05, 3.63) is 34.9 Å². The number of carbonyl (C=O) groups excluding carboxylic acids is 1. The highest BCUT2D eigenvalue weighted by atomic mass is 32.2. The lowest BCUT2D eigenvalue weighted by atomic mass is 10.0. The first kappa shape index (κ1) is 21.0. The van der Waals surface area contributed by atoms with Crippen molar-refractivity contribution in [3.8, 4) is 0 Å². The van der Waals surface area contributed by atoms with Crippen LogP contribution < -0.4 is 5.32 Å². The molecule has 0 radical (unpaired) electrons. The zero-order valence-electron chi connectivity index (χ0n) is 16.2. The lowest BCUT2D eigenvalue weighted by molar-refractivity contribution is -0.137. The Bertz CT molecular complexity index is 861. The Morgan fingerprint density at radius 2 is 2.00 bits per heavy atom. The first-order valence-electron chi connectivity index (χ1n) is 9.73. The number of aryl methyl sites for hydroxylation is 1. The van der Waals surface area contributed by atoms with Gasteiger partial charge in [0.15, 0.2) is 0 Å². The van der Waals surface area contributed by atoms with E-state index in [1.54, 1.807) is 6.92 Å². The molecule has 1 fully saturated rings. The largest absolute Gasteiger partial charge is 0.416 e. The molecular formula is C21H25F3N2OS. The molecule has 0 unspecified atom stereocenters. The summed E-state index contributed by atoms with van der Waals surface area (Å²) in [5.74, 6) is 1.17. The summed E-state index contributed by atoms with van der Waals surface area (Å²) in [7, 11) is 0. The number of hydrogen-bond donors (Lipinski definition) is 1. The fraction of sp³-hybridized carbons (Fsp3) is 0.524. The fourth-order valence-corrected chi connectivity index (χ4v) is 4.69. The van der Waals surface area contributed by atoms with Gasteiger partial charge in [0.25, 0.3) is 5.91 Å². The molecule has 0 aliphatic heterocycles. The zero-order valence-corrected chi connectivity index (χ0v) is 17.0. The molecule has 0 atom stereocenters. The van der Waals surface area contributed by atoms with Gasteiger partial charge < -0.3 is 5.32 Å². The van der Waals surface area contributed by atoms with Crippen LogP contribution in [0.15, 0.2) is 23.2 Å². The van der Waals surface area contributed by atoms with Gasteiger partial charge in [0.05, 0.1) is 16.6 Å². The number of hydrogen-bond acceptors (Lipinski definition) is 3. The van der Waals surface area contributed by atoms with Crippen LogP contribution in [-0.4, -0.2) is 23.2 Å². The van der Waals surface area contributed by atoms with E-state index in [1.165, 1.54) is 43.5 Å². The summed E-state index contributed by atoms with van der Waals surface area (Å²) in [4.78, 5) is 17.3. The summed E-state index contributed by atoms with van der Waals surface area (Å²) in [5.41, 5.74) is 0.692. The maximum absolute atomic E-state index is 13.0. The van der Waals surface area contributed by atoms with Crippen molar-refractivity contribution in [1.82, 2.24) is 10.3 Å². The molecule has 0 saturated heterocycles. The number of aromatic nitrogens is 1. The standard InChI is InChI=1S/C21H25F3N2OS/c1-3-28-20-18(19(27)25-11-10-14-6-4-5-7-14)13(2)16-9-8-15(21(22,23)24)12-17(16)26-20/h8-9,12,14H,3-7,10-11H2,1-2H3,(H,25,27). The minimum Gasteiger partial charge on any atom is -0.352 e. The summed E-state index contributed by atoms with van der Waals surface area (Å²) in [6, 6.07) is 3.52. The Balaban J connectivity index is 1.90.